The van der Waals surface area contributed by atoms with Crippen LogP contribution in [0.3, 0.4) is 0 Å². The highest BCUT2D eigenvalue weighted by Gasteiger charge is 2.20. The summed E-state index contributed by atoms with van der Waals surface area (Å²) in [5.74, 6) is 0. The summed E-state index contributed by atoms with van der Waals surface area (Å²) in [6, 6.07) is 59.3. The Balaban J connectivity index is 1.39. The number of rotatable bonds is 7. The van der Waals surface area contributed by atoms with Crippen LogP contribution in [0.4, 0.5) is 5.69 Å². The summed E-state index contributed by atoms with van der Waals surface area (Å²) in [5.41, 5.74) is 18.1. The average Bonchev–Trinajstić information content (AvgIpc) is 4.10. The van der Waals surface area contributed by atoms with E-state index in [0.29, 0.717) is 6.54 Å². The van der Waals surface area contributed by atoms with Gasteiger partial charge in [-0.15, -0.1) is 0 Å². The van der Waals surface area contributed by atoms with Gasteiger partial charge in [-0.25, -0.2) is 9.97 Å². The molecule has 0 amide bonds. The third-order valence-electron chi connectivity index (χ3n) is 10.5. The zero-order chi connectivity index (χ0) is 37.3. The predicted molar refractivity (Wildman–Crippen MR) is 234 cm³/mol. The van der Waals surface area contributed by atoms with Crippen LogP contribution < -0.4 is 5.32 Å². The van der Waals surface area contributed by atoms with Crippen molar-refractivity contribution in [2.24, 2.45) is 0 Å². The molecule has 0 atom stereocenters. The third kappa shape index (κ3) is 6.21. The maximum Gasteiger partial charge on any atom is 0.0738 e. The molecular weight excluding hydrogens is 683 g/mol. The van der Waals surface area contributed by atoms with Crippen molar-refractivity contribution in [2.75, 3.05) is 5.32 Å². The molecule has 5 heteroatoms. The van der Waals surface area contributed by atoms with Crippen LogP contribution in [0.15, 0.2) is 170 Å². The fraction of sp³-hybridized carbons (Fsp3) is 0.0196. The number of para-hydroxylation sites is 1. The average molecular weight is 720 g/mol. The quantitative estimate of drug-likeness (QED) is 0.154. The SMILES string of the molecule is C1=Cc2nc1c(-c1ccccc1)c1nc(c(-c3ccccc3)c3[nH]c(cc3CNc3ccccc3)c(-c3ccccc3)c3ccc([nH]3)c2-c2ccccc2)C=C1. The number of benzene rings is 5. The third-order valence-corrected chi connectivity index (χ3v) is 10.5. The molecule has 0 spiro atoms. The molecule has 2 aliphatic heterocycles. The first-order valence-corrected chi connectivity index (χ1v) is 19.0. The van der Waals surface area contributed by atoms with Gasteiger partial charge in [-0.3, -0.25) is 0 Å². The number of anilines is 1. The Labute approximate surface area is 325 Å². The summed E-state index contributed by atoms with van der Waals surface area (Å²) in [4.78, 5) is 18.7. The van der Waals surface area contributed by atoms with Gasteiger partial charge < -0.3 is 15.3 Å². The van der Waals surface area contributed by atoms with Crippen molar-refractivity contribution in [1.82, 2.24) is 19.9 Å². The Hall–Kier alpha value is -7.50. The number of hydrogen-bond acceptors (Lipinski definition) is 3. The molecule has 266 valence electrons. The lowest BCUT2D eigenvalue weighted by molar-refractivity contribution is 1.17. The molecule has 5 heterocycles. The summed E-state index contributed by atoms with van der Waals surface area (Å²) in [5, 5.41) is 3.70. The van der Waals surface area contributed by atoms with E-state index in [9.17, 15) is 0 Å². The minimum absolute atomic E-state index is 0.602. The van der Waals surface area contributed by atoms with E-state index in [-0.39, 0.29) is 0 Å². The molecule has 0 aliphatic carbocycles. The molecule has 3 N–H and O–H groups in total. The van der Waals surface area contributed by atoms with Crippen molar-refractivity contribution < 1.29 is 0 Å². The molecule has 0 saturated heterocycles. The molecule has 0 radical (unpaired) electrons. The topological polar surface area (TPSA) is 69.4 Å². The number of nitrogens with zero attached hydrogens (tertiary/aromatic N) is 2. The number of hydrogen-bond donors (Lipinski definition) is 3. The molecule has 0 fully saturated rings. The van der Waals surface area contributed by atoms with Gasteiger partial charge in [-0.1, -0.05) is 140 Å². The van der Waals surface area contributed by atoms with Crippen LogP contribution >= 0.6 is 0 Å². The highest BCUT2D eigenvalue weighted by Crippen LogP contribution is 2.39. The Morgan fingerprint density at radius 1 is 0.375 bits per heavy atom. The van der Waals surface area contributed by atoms with Gasteiger partial charge in [-0.05, 0) is 82.5 Å². The second-order valence-electron chi connectivity index (χ2n) is 14.0. The molecule has 8 bridgehead atoms. The van der Waals surface area contributed by atoms with Gasteiger partial charge in [0.25, 0.3) is 0 Å². The normalized spacial score (nSPS) is 11.9. The van der Waals surface area contributed by atoms with Crippen LogP contribution in [0.5, 0.6) is 0 Å². The smallest absolute Gasteiger partial charge is 0.0738 e. The Bertz CT molecular complexity index is 2930. The summed E-state index contributed by atoms with van der Waals surface area (Å²) in [6.45, 7) is 0.602. The number of aromatic amines is 2. The molecule has 2 aliphatic rings. The van der Waals surface area contributed by atoms with Gasteiger partial charge in [0, 0.05) is 51.0 Å². The molecule has 0 saturated carbocycles. The lowest BCUT2D eigenvalue weighted by Crippen LogP contribution is -1.99. The van der Waals surface area contributed by atoms with E-state index in [1.54, 1.807) is 0 Å². The summed E-state index contributed by atoms with van der Waals surface area (Å²) >= 11 is 0. The van der Waals surface area contributed by atoms with Gasteiger partial charge in [0.2, 0.25) is 0 Å². The van der Waals surface area contributed by atoms with Gasteiger partial charge in [-0.2, -0.15) is 0 Å². The highest BCUT2D eigenvalue weighted by atomic mass is 14.9. The first kappa shape index (κ1) is 33.1. The van der Waals surface area contributed by atoms with Crippen LogP contribution in [-0.2, 0) is 6.54 Å². The zero-order valence-electron chi connectivity index (χ0n) is 30.6. The Morgan fingerprint density at radius 3 is 1.32 bits per heavy atom. The number of aromatic nitrogens is 4. The van der Waals surface area contributed by atoms with Crippen molar-refractivity contribution >= 4 is 52.1 Å². The Morgan fingerprint density at radius 2 is 0.786 bits per heavy atom. The van der Waals surface area contributed by atoms with E-state index in [0.717, 1.165) is 101 Å². The first-order chi connectivity index (χ1) is 27.8. The van der Waals surface area contributed by atoms with Crippen molar-refractivity contribution in [2.45, 2.75) is 6.54 Å². The van der Waals surface area contributed by atoms with Crippen molar-refractivity contribution in [1.29, 1.82) is 0 Å². The van der Waals surface area contributed by atoms with Crippen LogP contribution in [0.25, 0.3) is 90.9 Å². The second kappa shape index (κ2) is 14.4. The van der Waals surface area contributed by atoms with Gasteiger partial charge in [0.15, 0.2) is 0 Å². The maximum absolute atomic E-state index is 5.47. The van der Waals surface area contributed by atoms with Crippen molar-refractivity contribution in [3.63, 3.8) is 0 Å². The monoisotopic (exact) mass is 719 g/mol. The summed E-state index contributed by atoms with van der Waals surface area (Å²) < 4.78 is 0. The summed E-state index contributed by atoms with van der Waals surface area (Å²) in [6.07, 6.45) is 8.55. The minimum Gasteiger partial charge on any atom is -0.381 e. The van der Waals surface area contributed by atoms with E-state index in [1.807, 2.05) is 12.1 Å². The van der Waals surface area contributed by atoms with E-state index in [2.05, 4.69) is 197 Å². The summed E-state index contributed by atoms with van der Waals surface area (Å²) in [7, 11) is 0. The van der Waals surface area contributed by atoms with Crippen LogP contribution in [0.2, 0.25) is 0 Å². The highest BCUT2D eigenvalue weighted by molar-refractivity contribution is 6.01. The predicted octanol–water partition coefficient (Wildman–Crippen LogP) is 12.9. The van der Waals surface area contributed by atoms with Gasteiger partial charge >= 0.3 is 0 Å². The van der Waals surface area contributed by atoms with Gasteiger partial charge in [0.05, 0.1) is 28.3 Å². The number of nitrogens with one attached hydrogen (secondary N) is 3. The Kier molecular flexibility index (Phi) is 8.50. The minimum atomic E-state index is 0.602. The number of fused-ring (bicyclic) bond motifs is 8. The fourth-order valence-electron chi connectivity index (χ4n) is 7.88. The fourth-order valence-corrected chi connectivity index (χ4v) is 7.88. The van der Waals surface area contributed by atoms with Gasteiger partial charge in [0.1, 0.15) is 0 Å². The molecule has 10 rings (SSSR count). The molecule has 5 nitrogen and oxygen atoms in total. The second-order valence-corrected chi connectivity index (χ2v) is 14.0. The first-order valence-electron chi connectivity index (χ1n) is 19.0. The van der Waals surface area contributed by atoms with Crippen LogP contribution in [0.1, 0.15) is 28.3 Å². The van der Waals surface area contributed by atoms with E-state index < -0.39 is 0 Å². The number of H-pyrrole nitrogens is 2. The maximum atomic E-state index is 5.47. The molecular formula is C51H37N5. The van der Waals surface area contributed by atoms with E-state index in [4.69, 9.17) is 9.97 Å². The standard InChI is InChI=1S/C51H37N5/c1-6-16-34(17-7-1)47-40-26-27-41(53-40)48(35-18-8-2-9-19-35)43-30-31-45(55-43)50(37-22-12-4-13-23-37)51-38(33-52-39-24-14-5-15-25-39)32-46(56-51)49(36-20-10-3-11-21-36)44-29-28-42(47)54-44/h1-32,52,54,56H,33H2. The van der Waals surface area contributed by atoms with E-state index in [1.165, 1.54) is 0 Å². The lowest BCUT2D eigenvalue weighted by atomic mass is 10.0. The van der Waals surface area contributed by atoms with E-state index >= 15 is 0 Å². The largest absolute Gasteiger partial charge is 0.381 e. The lowest BCUT2D eigenvalue weighted by Gasteiger charge is -2.09. The zero-order valence-corrected chi connectivity index (χ0v) is 30.6. The molecule has 8 aromatic rings. The molecule has 56 heavy (non-hydrogen) atoms. The van der Waals surface area contributed by atoms with Crippen LogP contribution in [-0.4, -0.2) is 19.9 Å². The molecule has 0 unspecified atom stereocenters. The molecule has 3 aromatic heterocycles. The molecule has 5 aromatic carbocycles. The van der Waals surface area contributed by atoms with Crippen molar-refractivity contribution in [3.05, 3.63) is 198 Å². The van der Waals surface area contributed by atoms with Crippen LogP contribution in [0, 0.1) is 0 Å². The van der Waals surface area contributed by atoms with Crippen molar-refractivity contribution in [3.8, 4) is 44.5 Å².